The Morgan fingerprint density at radius 2 is 2.04 bits per heavy atom. The van der Waals surface area contributed by atoms with Gasteiger partial charge in [-0.1, -0.05) is 24.3 Å². The SMILES string of the molecule is O=C(CN=C1NS(=O)(=O)c2ccccc21)Nc1cccc(-c2nccs2)c1. The highest BCUT2D eigenvalue weighted by molar-refractivity contribution is 7.90. The molecule has 9 heteroatoms. The van der Waals surface area contributed by atoms with Gasteiger partial charge in [0.15, 0.2) is 0 Å². The zero-order valence-electron chi connectivity index (χ0n) is 13.9. The number of anilines is 1. The molecule has 7 nitrogen and oxygen atoms in total. The highest BCUT2D eigenvalue weighted by atomic mass is 32.2. The maximum Gasteiger partial charge on any atom is 0.263 e. The second-order valence-corrected chi connectivity index (χ2v) is 8.28. The Hall–Kier alpha value is -3.04. The number of thiazole rings is 1. The molecule has 0 radical (unpaired) electrons. The number of hydrogen-bond acceptors (Lipinski definition) is 6. The summed E-state index contributed by atoms with van der Waals surface area (Å²) in [7, 11) is -3.61. The van der Waals surface area contributed by atoms with E-state index in [9.17, 15) is 13.2 Å². The van der Waals surface area contributed by atoms with E-state index in [-0.39, 0.29) is 23.2 Å². The van der Waals surface area contributed by atoms with Crippen molar-refractivity contribution in [3.05, 3.63) is 65.7 Å². The van der Waals surface area contributed by atoms with Crippen molar-refractivity contribution in [2.24, 2.45) is 4.99 Å². The smallest absolute Gasteiger partial charge is 0.263 e. The number of amidine groups is 1. The average molecular weight is 398 g/mol. The van der Waals surface area contributed by atoms with Gasteiger partial charge in [-0.3, -0.25) is 14.5 Å². The molecule has 0 fully saturated rings. The van der Waals surface area contributed by atoms with Crippen LogP contribution in [0.1, 0.15) is 5.56 Å². The normalized spacial score (nSPS) is 15.9. The molecule has 0 saturated heterocycles. The van der Waals surface area contributed by atoms with E-state index < -0.39 is 10.0 Å². The third kappa shape index (κ3) is 3.60. The summed E-state index contributed by atoms with van der Waals surface area (Å²) in [6, 6.07) is 13.9. The molecule has 2 N–H and O–H groups in total. The summed E-state index contributed by atoms with van der Waals surface area (Å²) >= 11 is 1.51. The molecule has 1 aliphatic heterocycles. The lowest BCUT2D eigenvalue weighted by atomic mass is 10.2. The van der Waals surface area contributed by atoms with Gasteiger partial charge >= 0.3 is 0 Å². The minimum Gasteiger partial charge on any atom is -0.324 e. The summed E-state index contributed by atoms with van der Waals surface area (Å²) in [5.74, 6) is -0.167. The molecule has 0 unspecified atom stereocenters. The number of amides is 1. The van der Waals surface area contributed by atoms with Crippen LogP contribution in [0.25, 0.3) is 10.6 Å². The highest BCUT2D eigenvalue weighted by Crippen LogP contribution is 2.24. The van der Waals surface area contributed by atoms with Crippen molar-refractivity contribution in [2.45, 2.75) is 4.90 Å². The predicted molar refractivity (Wildman–Crippen MR) is 104 cm³/mol. The maximum atomic E-state index is 12.2. The summed E-state index contributed by atoms with van der Waals surface area (Å²) in [6.07, 6.45) is 1.72. The molecule has 2 aromatic carbocycles. The van der Waals surface area contributed by atoms with Gasteiger partial charge in [0.05, 0.1) is 4.90 Å². The standard InChI is InChI=1S/C18H14N4O3S2/c23-16(21-13-5-3-4-12(10-13)18-19-8-9-26-18)11-20-17-14-6-1-2-7-15(14)27(24,25)22-17/h1-10H,11H2,(H,20,22)(H,21,23). The van der Waals surface area contributed by atoms with Crippen molar-refractivity contribution in [1.29, 1.82) is 0 Å². The summed E-state index contributed by atoms with van der Waals surface area (Å²) in [4.78, 5) is 20.8. The number of rotatable bonds is 4. The molecule has 0 bridgehead atoms. The molecule has 27 heavy (non-hydrogen) atoms. The van der Waals surface area contributed by atoms with Crippen molar-refractivity contribution < 1.29 is 13.2 Å². The van der Waals surface area contributed by atoms with E-state index >= 15 is 0 Å². The van der Waals surface area contributed by atoms with Gasteiger partial charge in [-0.15, -0.1) is 11.3 Å². The predicted octanol–water partition coefficient (Wildman–Crippen LogP) is 2.49. The minimum atomic E-state index is -3.61. The number of carbonyl (C=O) groups excluding carboxylic acids is 1. The quantitative estimate of drug-likeness (QED) is 0.705. The second-order valence-electron chi connectivity index (χ2n) is 5.73. The second kappa shape index (κ2) is 6.93. The topological polar surface area (TPSA) is 101 Å². The van der Waals surface area contributed by atoms with E-state index in [1.807, 2.05) is 23.6 Å². The molecular formula is C18H14N4O3S2. The van der Waals surface area contributed by atoms with Crippen molar-refractivity contribution >= 4 is 38.8 Å². The Labute approximate surface area is 159 Å². The first-order valence-electron chi connectivity index (χ1n) is 7.99. The van der Waals surface area contributed by atoms with Crippen molar-refractivity contribution in [3.8, 4) is 10.6 Å². The molecule has 1 aliphatic rings. The fourth-order valence-corrected chi connectivity index (χ4v) is 4.58. The van der Waals surface area contributed by atoms with E-state index in [0.29, 0.717) is 11.3 Å². The van der Waals surface area contributed by atoms with Crippen LogP contribution in [-0.2, 0) is 14.8 Å². The zero-order valence-corrected chi connectivity index (χ0v) is 15.5. The van der Waals surface area contributed by atoms with Crippen molar-refractivity contribution in [1.82, 2.24) is 9.71 Å². The van der Waals surface area contributed by atoms with E-state index in [0.717, 1.165) is 10.6 Å². The van der Waals surface area contributed by atoms with Gasteiger partial charge in [0, 0.05) is 28.4 Å². The van der Waals surface area contributed by atoms with E-state index in [1.165, 1.54) is 17.4 Å². The molecule has 136 valence electrons. The van der Waals surface area contributed by atoms with Crippen LogP contribution in [0.5, 0.6) is 0 Å². The summed E-state index contributed by atoms with van der Waals surface area (Å²) in [5, 5.41) is 5.52. The van der Waals surface area contributed by atoms with E-state index in [4.69, 9.17) is 0 Å². The molecule has 2 heterocycles. The Morgan fingerprint density at radius 3 is 2.85 bits per heavy atom. The first-order valence-corrected chi connectivity index (χ1v) is 10.4. The van der Waals surface area contributed by atoms with E-state index in [2.05, 4.69) is 20.0 Å². The Morgan fingerprint density at radius 1 is 1.19 bits per heavy atom. The molecule has 0 spiro atoms. The van der Waals surface area contributed by atoms with Crippen LogP contribution in [0.4, 0.5) is 5.69 Å². The third-order valence-electron chi connectivity index (χ3n) is 3.87. The van der Waals surface area contributed by atoms with Crippen LogP contribution < -0.4 is 10.0 Å². The summed E-state index contributed by atoms with van der Waals surface area (Å²) in [6.45, 7) is -0.201. The van der Waals surface area contributed by atoms with Crippen LogP contribution in [0.15, 0.2) is 70.0 Å². The summed E-state index contributed by atoms with van der Waals surface area (Å²) < 4.78 is 26.5. The first kappa shape index (κ1) is 17.4. The maximum absolute atomic E-state index is 12.2. The van der Waals surface area contributed by atoms with Gasteiger partial charge in [-0.25, -0.2) is 13.4 Å². The highest BCUT2D eigenvalue weighted by Gasteiger charge is 2.30. The number of benzene rings is 2. The average Bonchev–Trinajstić information content (AvgIpc) is 3.28. The van der Waals surface area contributed by atoms with Gasteiger partial charge in [0.25, 0.3) is 10.0 Å². The zero-order chi connectivity index (χ0) is 18.9. The Kier molecular flexibility index (Phi) is 4.46. The fraction of sp³-hybridized carbons (Fsp3) is 0.0556. The number of fused-ring (bicyclic) bond motifs is 1. The van der Waals surface area contributed by atoms with E-state index in [1.54, 1.807) is 30.5 Å². The van der Waals surface area contributed by atoms with Gasteiger partial charge < -0.3 is 5.32 Å². The molecule has 0 aliphatic carbocycles. The molecule has 1 amide bonds. The lowest BCUT2D eigenvalue weighted by Crippen LogP contribution is -2.24. The van der Waals surface area contributed by atoms with Crippen LogP contribution in [-0.4, -0.2) is 31.7 Å². The molecule has 4 rings (SSSR count). The van der Waals surface area contributed by atoms with Crippen molar-refractivity contribution in [2.75, 3.05) is 11.9 Å². The van der Waals surface area contributed by atoms with Crippen LogP contribution >= 0.6 is 11.3 Å². The number of nitrogens with one attached hydrogen (secondary N) is 2. The number of aromatic nitrogens is 1. The number of hydrogen-bond donors (Lipinski definition) is 2. The number of carbonyl (C=O) groups is 1. The summed E-state index contributed by atoms with van der Waals surface area (Å²) in [5.41, 5.74) is 2.00. The van der Waals surface area contributed by atoms with Gasteiger partial charge in [0.2, 0.25) is 5.91 Å². The number of aliphatic imine (C=N–C) groups is 1. The van der Waals surface area contributed by atoms with Crippen molar-refractivity contribution in [3.63, 3.8) is 0 Å². The number of nitrogens with zero attached hydrogens (tertiary/aromatic N) is 2. The van der Waals surface area contributed by atoms with Gasteiger partial charge in [-0.05, 0) is 24.3 Å². The molecule has 3 aromatic rings. The monoisotopic (exact) mass is 398 g/mol. The van der Waals surface area contributed by atoms with Gasteiger partial charge in [-0.2, -0.15) is 0 Å². The number of sulfonamides is 1. The molecule has 0 saturated carbocycles. The minimum absolute atomic E-state index is 0.167. The third-order valence-corrected chi connectivity index (χ3v) is 6.09. The molecule has 0 atom stereocenters. The Bertz CT molecular complexity index is 1140. The molecular weight excluding hydrogens is 384 g/mol. The first-order chi connectivity index (χ1) is 13.0. The lowest BCUT2D eigenvalue weighted by Gasteiger charge is -2.05. The van der Waals surface area contributed by atoms with Crippen LogP contribution in [0.3, 0.4) is 0 Å². The lowest BCUT2D eigenvalue weighted by molar-refractivity contribution is -0.114. The van der Waals surface area contributed by atoms with Crippen LogP contribution in [0, 0.1) is 0 Å². The van der Waals surface area contributed by atoms with Crippen LogP contribution in [0.2, 0.25) is 0 Å². The van der Waals surface area contributed by atoms with Gasteiger partial charge in [0.1, 0.15) is 17.4 Å². The fourth-order valence-electron chi connectivity index (χ4n) is 2.70. The molecule has 1 aromatic heterocycles. The largest absolute Gasteiger partial charge is 0.324 e. The Balaban J connectivity index is 1.48.